The van der Waals surface area contributed by atoms with E-state index in [1.54, 1.807) is 0 Å². The van der Waals surface area contributed by atoms with Gasteiger partial charge in [0.1, 0.15) is 6.10 Å². The number of carbonyl (C=O) groups is 1. The quantitative estimate of drug-likeness (QED) is 0.141. The van der Waals surface area contributed by atoms with Crippen LogP contribution in [0.15, 0.2) is 35.6 Å². The lowest BCUT2D eigenvalue weighted by atomic mass is 9.69. The first kappa shape index (κ1) is 29.7. The molecule has 5 aliphatic carbocycles. The van der Waals surface area contributed by atoms with Crippen LogP contribution in [-0.4, -0.2) is 38.3 Å². The van der Waals surface area contributed by atoms with Crippen molar-refractivity contribution in [1.29, 1.82) is 0 Å². The van der Waals surface area contributed by atoms with Gasteiger partial charge >= 0.3 is 0 Å². The highest BCUT2D eigenvalue weighted by molar-refractivity contribution is 7.98. The Balaban J connectivity index is 1.30. The topological polar surface area (TPSA) is 35.5 Å². The summed E-state index contributed by atoms with van der Waals surface area (Å²) in [5, 5.41) is 0.243. The summed E-state index contributed by atoms with van der Waals surface area (Å²) in [5.74, 6) is 4.21. The molecule has 4 bridgehead atoms. The third kappa shape index (κ3) is 4.88. The van der Waals surface area contributed by atoms with Gasteiger partial charge in [-0.1, -0.05) is 58.9 Å². The molecular formula is C34H54O3SSi. The fourth-order valence-electron chi connectivity index (χ4n) is 8.74. The van der Waals surface area contributed by atoms with Gasteiger partial charge in [-0.05, 0) is 99.4 Å². The summed E-state index contributed by atoms with van der Waals surface area (Å²) in [4.78, 5) is 13.9. The van der Waals surface area contributed by atoms with Crippen LogP contribution in [0.5, 0.6) is 0 Å². The average molecular weight is 571 g/mol. The molecule has 3 fully saturated rings. The number of allylic oxidation sites excluding steroid dienone is 6. The van der Waals surface area contributed by atoms with E-state index in [1.165, 1.54) is 18.4 Å². The van der Waals surface area contributed by atoms with Crippen LogP contribution < -0.4 is 0 Å². The smallest absolute Gasteiger partial charge is 0.201 e. The molecule has 0 aromatic carbocycles. The molecule has 0 aliphatic heterocycles. The highest BCUT2D eigenvalue weighted by Crippen LogP contribution is 2.68. The van der Waals surface area contributed by atoms with Gasteiger partial charge in [0.05, 0.1) is 0 Å². The van der Waals surface area contributed by atoms with Crippen molar-refractivity contribution in [2.24, 2.45) is 40.4 Å². The van der Waals surface area contributed by atoms with Gasteiger partial charge in [0.25, 0.3) is 0 Å². The Labute approximate surface area is 244 Å². The summed E-state index contributed by atoms with van der Waals surface area (Å²) in [6, 6.07) is 0. The van der Waals surface area contributed by atoms with E-state index in [4.69, 9.17) is 9.16 Å². The Bertz CT molecular complexity index is 1050. The first-order valence-electron chi connectivity index (χ1n) is 15.7. The van der Waals surface area contributed by atoms with Crippen LogP contribution in [0.1, 0.15) is 86.5 Å². The summed E-state index contributed by atoms with van der Waals surface area (Å²) in [7, 11) is -1.73. The number of ketones is 1. The molecule has 0 saturated heterocycles. The summed E-state index contributed by atoms with van der Waals surface area (Å²) in [6.07, 6.45) is 20.0. The van der Waals surface area contributed by atoms with Crippen LogP contribution >= 0.6 is 11.8 Å². The molecular weight excluding hydrogens is 517 g/mol. The highest BCUT2D eigenvalue weighted by atomic mass is 32.2. The van der Waals surface area contributed by atoms with Crippen LogP contribution in [0.25, 0.3) is 0 Å². The third-order valence-electron chi connectivity index (χ3n) is 12.2. The fourth-order valence-corrected chi connectivity index (χ4v) is 11.4. The molecule has 5 aliphatic rings. The third-order valence-corrected chi connectivity index (χ3v) is 17.6. The van der Waals surface area contributed by atoms with Crippen molar-refractivity contribution >= 4 is 25.9 Å². The summed E-state index contributed by atoms with van der Waals surface area (Å²) in [6.45, 7) is 18.8. The molecule has 3 saturated carbocycles. The minimum atomic E-state index is -1.73. The second kappa shape index (κ2) is 10.5. The van der Waals surface area contributed by atoms with Crippen molar-refractivity contribution < 1.29 is 14.0 Å². The number of fused-ring (bicyclic) bond motifs is 7. The first-order valence-corrected chi connectivity index (χ1v) is 20.0. The lowest BCUT2D eigenvalue weighted by molar-refractivity contribution is -0.125. The van der Waals surface area contributed by atoms with Gasteiger partial charge in [0.2, 0.25) is 5.78 Å². The van der Waals surface area contributed by atoms with Crippen molar-refractivity contribution in [3.8, 4) is 0 Å². The second-order valence-corrected chi connectivity index (χ2v) is 21.2. The molecule has 0 aromatic heterocycles. The van der Waals surface area contributed by atoms with E-state index in [2.05, 4.69) is 85.2 Å². The molecule has 0 heterocycles. The summed E-state index contributed by atoms with van der Waals surface area (Å²) < 4.78 is 13.6. The number of hydrogen-bond acceptors (Lipinski definition) is 4. The second-order valence-electron chi connectivity index (χ2n) is 15.6. The number of thioether (sulfide) groups is 1. The minimum Gasteiger partial charge on any atom is -0.486 e. The highest BCUT2D eigenvalue weighted by Gasteiger charge is 2.66. The molecule has 5 rings (SSSR count). The number of unbranched alkanes of at least 4 members (excludes halogenated alkanes) is 1. The van der Waals surface area contributed by atoms with Crippen LogP contribution in [0, 0.1) is 40.4 Å². The number of Topliss-reactive ketones (excluding diaryl/α,β-unsaturated/α-hetero) is 1. The maximum atomic E-state index is 13.9. The van der Waals surface area contributed by atoms with E-state index in [-0.39, 0.29) is 27.9 Å². The monoisotopic (exact) mass is 570 g/mol. The minimum absolute atomic E-state index is 0.107. The van der Waals surface area contributed by atoms with Gasteiger partial charge in [0, 0.05) is 34.7 Å². The molecule has 5 heteroatoms. The standard InChI is InChI=1S/C34H54O3SSi/c1-22(37-39(8,9)32(2,3)4)13-11-10-12-14-26-28-23-15-16-24(19-23)29(28)30(35)31(26)36-27-20-25-17-18-34(27,21-38-7)33(25,5)6/h12,14-16,22-25,27-29H,10-11,13,17-21H2,1-9H3/b14-12+/t22-,23-,24+,25-,27-,28-,29-,34-/m0/s1. The van der Waals surface area contributed by atoms with Crippen LogP contribution in [0.4, 0.5) is 0 Å². The molecule has 0 N–H and O–H groups in total. The molecule has 0 aromatic rings. The van der Waals surface area contributed by atoms with Gasteiger partial charge in [-0.2, -0.15) is 11.8 Å². The van der Waals surface area contributed by atoms with Gasteiger partial charge in [-0.15, -0.1) is 0 Å². The Hall–Kier alpha value is -0.783. The zero-order chi connectivity index (χ0) is 28.4. The predicted molar refractivity (Wildman–Crippen MR) is 167 cm³/mol. The molecule has 8 atom stereocenters. The Kier molecular flexibility index (Phi) is 7.99. The molecule has 218 valence electrons. The van der Waals surface area contributed by atoms with E-state index in [0.717, 1.165) is 43.6 Å². The average Bonchev–Trinajstić information content (AvgIpc) is 3.60. The van der Waals surface area contributed by atoms with Crippen LogP contribution in [0.2, 0.25) is 18.1 Å². The maximum Gasteiger partial charge on any atom is 0.201 e. The zero-order valence-electron chi connectivity index (χ0n) is 26.1. The van der Waals surface area contributed by atoms with E-state index in [9.17, 15) is 4.79 Å². The largest absolute Gasteiger partial charge is 0.486 e. The number of carbonyl (C=O) groups excluding carboxylic acids is 1. The lowest BCUT2D eigenvalue weighted by Crippen LogP contribution is -2.43. The normalized spacial score (nSPS) is 37.5. The molecule has 0 radical (unpaired) electrons. The van der Waals surface area contributed by atoms with Gasteiger partial charge in [0.15, 0.2) is 14.1 Å². The first-order chi connectivity index (χ1) is 18.2. The van der Waals surface area contributed by atoms with Gasteiger partial charge in [-0.3, -0.25) is 4.79 Å². The fraction of sp³-hybridized carbons (Fsp3) is 0.794. The van der Waals surface area contributed by atoms with E-state index < -0.39 is 8.32 Å². The molecule has 0 spiro atoms. The van der Waals surface area contributed by atoms with Crippen LogP contribution in [0.3, 0.4) is 0 Å². The van der Waals surface area contributed by atoms with Crippen molar-refractivity contribution in [3.63, 3.8) is 0 Å². The number of ether oxygens (including phenoxy) is 1. The summed E-state index contributed by atoms with van der Waals surface area (Å²) in [5.41, 5.74) is 1.67. The molecule has 0 amide bonds. The SMILES string of the molecule is CSC[C@@]12CC[C@@H](C[C@@H]1OC1=C(/C=C/CCC[C@H](C)O[Si](C)(C)C(C)(C)C)[C@H]3[C@@H](C1=O)[C@@H]1C=C[C@H]3C1)C2(C)C. The van der Waals surface area contributed by atoms with Crippen LogP contribution in [-0.2, 0) is 14.0 Å². The lowest BCUT2D eigenvalue weighted by Gasteiger charge is -2.42. The van der Waals surface area contributed by atoms with Gasteiger partial charge in [-0.25, -0.2) is 0 Å². The van der Waals surface area contributed by atoms with Crippen molar-refractivity contribution in [3.05, 3.63) is 35.6 Å². The van der Waals surface area contributed by atoms with Gasteiger partial charge < -0.3 is 9.16 Å². The van der Waals surface area contributed by atoms with E-state index in [0.29, 0.717) is 35.6 Å². The maximum absolute atomic E-state index is 13.9. The Morgan fingerprint density at radius 3 is 2.49 bits per heavy atom. The Morgan fingerprint density at radius 1 is 1.15 bits per heavy atom. The predicted octanol–water partition coefficient (Wildman–Crippen LogP) is 8.97. The van der Waals surface area contributed by atoms with Crippen molar-refractivity contribution in [1.82, 2.24) is 0 Å². The van der Waals surface area contributed by atoms with Crippen molar-refractivity contribution in [2.45, 2.75) is 117 Å². The zero-order valence-corrected chi connectivity index (χ0v) is 28.0. The molecule has 39 heavy (non-hydrogen) atoms. The number of hydrogen-bond donors (Lipinski definition) is 0. The summed E-state index contributed by atoms with van der Waals surface area (Å²) >= 11 is 1.96. The van der Waals surface area contributed by atoms with E-state index in [1.807, 2.05) is 11.8 Å². The molecule has 0 unspecified atom stereocenters. The van der Waals surface area contributed by atoms with Crippen molar-refractivity contribution in [2.75, 3.05) is 12.0 Å². The number of rotatable bonds is 11. The Morgan fingerprint density at radius 2 is 1.85 bits per heavy atom. The molecule has 3 nitrogen and oxygen atoms in total. The van der Waals surface area contributed by atoms with E-state index >= 15 is 0 Å².